The summed E-state index contributed by atoms with van der Waals surface area (Å²) in [4.78, 5) is 4.17. The molecule has 0 amide bonds. The predicted octanol–water partition coefficient (Wildman–Crippen LogP) is 3.30. The Morgan fingerprint density at radius 1 is 1.25 bits per heavy atom. The normalized spacial score (nSPS) is 12.0. The van der Waals surface area contributed by atoms with E-state index < -0.39 is 0 Å². The van der Waals surface area contributed by atoms with Crippen molar-refractivity contribution < 1.29 is 9.47 Å². The van der Waals surface area contributed by atoms with E-state index in [1.807, 2.05) is 31.2 Å². The molecule has 2 rings (SSSR count). The van der Waals surface area contributed by atoms with Gasteiger partial charge < -0.3 is 15.2 Å². The first-order valence-corrected chi connectivity index (χ1v) is 7.11. The fraction of sp³-hybridized carbons (Fsp3) is 0.267. The van der Waals surface area contributed by atoms with Crippen LogP contribution in [0.2, 0.25) is 0 Å². The summed E-state index contributed by atoms with van der Waals surface area (Å²) in [5.74, 6) is 1.49. The van der Waals surface area contributed by atoms with E-state index >= 15 is 0 Å². The number of benzene rings is 1. The second-order valence-corrected chi connectivity index (χ2v) is 5.11. The van der Waals surface area contributed by atoms with E-state index in [1.165, 1.54) is 0 Å². The Bertz CT molecular complexity index is 590. The molecule has 0 saturated heterocycles. The third-order valence-corrected chi connectivity index (χ3v) is 3.66. The Balaban J connectivity index is 2.35. The molecule has 1 atom stereocenters. The summed E-state index contributed by atoms with van der Waals surface area (Å²) in [7, 11) is 1.63. The quantitative estimate of drug-likeness (QED) is 0.910. The van der Waals surface area contributed by atoms with Crippen molar-refractivity contribution in [2.75, 3.05) is 13.7 Å². The number of hydrogen-bond donors (Lipinski definition) is 1. The summed E-state index contributed by atoms with van der Waals surface area (Å²) >= 11 is 3.52. The summed E-state index contributed by atoms with van der Waals surface area (Å²) < 4.78 is 11.6. The molecule has 0 bridgehead atoms. The first-order valence-electron chi connectivity index (χ1n) is 6.32. The lowest BCUT2D eigenvalue weighted by atomic mass is 10.0. The van der Waals surface area contributed by atoms with Crippen molar-refractivity contribution >= 4 is 15.9 Å². The smallest absolute Gasteiger partial charge is 0.137 e. The monoisotopic (exact) mass is 336 g/mol. The van der Waals surface area contributed by atoms with Gasteiger partial charge in [0.25, 0.3) is 0 Å². The van der Waals surface area contributed by atoms with E-state index in [2.05, 4.69) is 20.9 Å². The van der Waals surface area contributed by atoms with Crippen LogP contribution in [0.25, 0.3) is 0 Å². The molecule has 0 aliphatic carbocycles. The number of ether oxygens (including phenoxy) is 2. The maximum Gasteiger partial charge on any atom is 0.137 e. The van der Waals surface area contributed by atoms with Crippen molar-refractivity contribution in [2.45, 2.75) is 13.0 Å². The van der Waals surface area contributed by atoms with Crippen LogP contribution in [-0.4, -0.2) is 18.7 Å². The van der Waals surface area contributed by atoms with Crippen molar-refractivity contribution in [3.63, 3.8) is 0 Å². The third kappa shape index (κ3) is 3.29. The fourth-order valence-corrected chi connectivity index (χ4v) is 2.41. The van der Waals surface area contributed by atoms with E-state index in [0.717, 1.165) is 27.1 Å². The molecule has 2 N–H and O–H groups in total. The molecule has 0 saturated carbocycles. The van der Waals surface area contributed by atoms with Crippen LogP contribution in [0.3, 0.4) is 0 Å². The lowest BCUT2D eigenvalue weighted by Crippen LogP contribution is -2.13. The molecule has 20 heavy (non-hydrogen) atoms. The fourth-order valence-electron chi connectivity index (χ4n) is 1.92. The van der Waals surface area contributed by atoms with Gasteiger partial charge in [0, 0.05) is 10.7 Å². The van der Waals surface area contributed by atoms with Crippen LogP contribution in [0.5, 0.6) is 11.5 Å². The van der Waals surface area contributed by atoms with Crippen molar-refractivity contribution in [1.29, 1.82) is 0 Å². The highest BCUT2D eigenvalue weighted by molar-refractivity contribution is 9.10. The van der Waals surface area contributed by atoms with Gasteiger partial charge in [0.15, 0.2) is 0 Å². The largest absolute Gasteiger partial charge is 0.497 e. The van der Waals surface area contributed by atoms with Crippen molar-refractivity contribution in [2.24, 2.45) is 5.73 Å². The Morgan fingerprint density at radius 2 is 2.05 bits per heavy atom. The Morgan fingerprint density at radius 3 is 2.75 bits per heavy atom. The van der Waals surface area contributed by atoms with Gasteiger partial charge in [0.05, 0.1) is 26.0 Å². The topological polar surface area (TPSA) is 57.4 Å². The molecule has 5 heteroatoms. The highest BCUT2D eigenvalue weighted by Gasteiger charge is 2.14. The lowest BCUT2D eigenvalue weighted by molar-refractivity contribution is 0.338. The lowest BCUT2D eigenvalue weighted by Gasteiger charge is -2.16. The Labute approximate surface area is 127 Å². The summed E-state index contributed by atoms with van der Waals surface area (Å²) in [6.45, 7) is 2.54. The minimum absolute atomic E-state index is 0.299. The zero-order chi connectivity index (χ0) is 14.5. The molecule has 1 unspecified atom stereocenters. The first kappa shape index (κ1) is 14.8. The van der Waals surface area contributed by atoms with Gasteiger partial charge in [-0.25, -0.2) is 0 Å². The first-order chi connectivity index (χ1) is 9.65. The van der Waals surface area contributed by atoms with Crippen LogP contribution in [0.15, 0.2) is 41.1 Å². The number of rotatable bonds is 5. The molecule has 1 aromatic carbocycles. The van der Waals surface area contributed by atoms with E-state index in [1.54, 1.807) is 19.5 Å². The average Bonchev–Trinajstić information content (AvgIpc) is 2.48. The maximum absolute atomic E-state index is 6.32. The zero-order valence-corrected chi connectivity index (χ0v) is 13.1. The standard InChI is InChI=1S/C15H17BrN2O2/c1-3-20-12-6-10(8-18-9-12)15(17)13-7-11(19-2)4-5-14(13)16/h4-9,15H,3,17H2,1-2H3. The molecule has 0 radical (unpaired) electrons. The molecular formula is C15H17BrN2O2. The Hall–Kier alpha value is -1.59. The second-order valence-electron chi connectivity index (χ2n) is 4.25. The van der Waals surface area contributed by atoms with E-state index in [9.17, 15) is 0 Å². The minimum atomic E-state index is -0.299. The van der Waals surface area contributed by atoms with Gasteiger partial charge in [0.2, 0.25) is 0 Å². The van der Waals surface area contributed by atoms with Gasteiger partial charge in [-0.1, -0.05) is 15.9 Å². The highest BCUT2D eigenvalue weighted by Crippen LogP contribution is 2.31. The van der Waals surface area contributed by atoms with Crippen LogP contribution in [-0.2, 0) is 0 Å². The van der Waals surface area contributed by atoms with Crippen LogP contribution in [0.1, 0.15) is 24.1 Å². The number of pyridine rings is 1. The molecule has 0 aliphatic heterocycles. The average molecular weight is 337 g/mol. The number of hydrogen-bond acceptors (Lipinski definition) is 4. The van der Waals surface area contributed by atoms with Gasteiger partial charge in [-0.05, 0) is 42.3 Å². The molecule has 0 aliphatic rings. The van der Waals surface area contributed by atoms with Gasteiger partial charge in [-0.15, -0.1) is 0 Å². The van der Waals surface area contributed by atoms with Crippen LogP contribution >= 0.6 is 15.9 Å². The van der Waals surface area contributed by atoms with E-state index in [4.69, 9.17) is 15.2 Å². The van der Waals surface area contributed by atoms with Crippen molar-refractivity contribution in [3.05, 3.63) is 52.3 Å². The highest BCUT2D eigenvalue weighted by atomic mass is 79.9. The van der Waals surface area contributed by atoms with Gasteiger partial charge in [-0.3, -0.25) is 4.98 Å². The van der Waals surface area contributed by atoms with Gasteiger partial charge >= 0.3 is 0 Å². The number of aromatic nitrogens is 1. The summed E-state index contributed by atoms with van der Waals surface area (Å²) in [6, 6.07) is 7.34. The Kier molecular flexibility index (Phi) is 4.98. The maximum atomic E-state index is 6.32. The summed E-state index contributed by atoms with van der Waals surface area (Å²) in [5, 5.41) is 0. The number of nitrogens with zero attached hydrogens (tertiary/aromatic N) is 1. The molecule has 0 fully saturated rings. The zero-order valence-electron chi connectivity index (χ0n) is 11.5. The molecular weight excluding hydrogens is 320 g/mol. The van der Waals surface area contributed by atoms with Crippen LogP contribution < -0.4 is 15.2 Å². The van der Waals surface area contributed by atoms with E-state index in [-0.39, 0.29) is 6.04 Å². The van der Waals surface area contributed by atoms with Gasteiger partial charge in [0.1, 0.15) is 11.5 Å². The number of halogens is 1. The molecule has 4 nitrogen and oxygen atoms in total. The molecule has 1 heterocycles. The van der Waals surface area contributed by atoms with Crippen molar-refractivity contribution in [3.8, 4) is 11.5 Å². The van der Waals surface area contributed by atoms with Crippen molar-refractivity contribution in [1.82, 2.24) is 4.98 Å². The number of methoxy groups -OCH3 is 1. The minimum Gasteiger partial charge on any atom is -0.497 e. The third-order valence-electron chi connectivity index (χ3n) is 2.94. The molecule has 106 valence electrons. The molecule has 2 aromatic rings. The van der Waals surface area contributed by atoms with Crippen LogP contribution in [0.4, 0.5) is 0 Å². The predicted molar refractivity (Wildman–Crippen MR) is 82.1 cm³/mol. The summed E-state index contributed by atoms with van der Waals surface area (Å²) in [6.07, 6.45) is 3.43. The SMILES string of the molecule is CCOc1cncc(C(N)c2cc(OC)ccc2Br)c1. The molecule has 1 aromatic heterocycles. The summed E-state index contributed by atoms with van der Waals surface area (Å²) in [5.41, 5.74) is 8.16. The number of nitrogens with two attached hydrogens (primary N) is 1. The van der Waals surface area contributed by atoms with Gasteiger partial charge in [-0.2, -0.15) is 0 Å². The van der Waals surface area contributed by atoms with Crippen LogP contribution in [0, 0.1) is 0 Å². The second kappa shape index (κ2) is 6.72. The van der Waals surface area contributed by atoms with E-state index in [0.29, 0.717) is 6.61 Å². The molecule has 0 spiro atoms.